The number of anilines is 1. The molecule has 0 aliphatic heterocycles. The van der Waals surface area contributed by atoms with E-state index in [1.165, 1.54) is 4.31 Å². The van der Waals surface area contributed by atoms with Crippen LogP contribution in [0.2, 0.25) is 0 Å². The summed E-state index contributed by atoms with van der Waals surface area (Å²) in [6.07, 6.45) is 3.73. The first kappa shape index (κ1) is 17.9. The number of nitrogens with two attached hydrogens (primary N) is 1. The van der Waals surface area contributed by atoms with Crippen molar-refractivity contribution in [3.63, 3.8) is 0 Å². The fourth-order valence-electron chi connectivity index (χ4n) is 2.07. The van der Waals surface area contributed by atoms with Crippen molar-refractivity contribution in [3.8, 4) is 0 Å². The molecule has 0 radical (unpaired) electrons. The van der Waals surface area contributed by atoms with Crippen molar-refractivity contribution in [1.82, 2.24) is 4.31 Å². The molecule has 0 amide bonds. The molecule has 0 saturated heterocycles. The highest BCUT2D eigenvalue weighted by Gasteiger charge is 2.25. The van der Waals surface area contributed by atoms with E-state index in [9.17, 15) is 12.8 Å². The van der Waals surface area contributed by atoms with E-state index in [0.717, 1.165) is 37.5 Å². The van der Waals surface area contributed by atoms with Crippen LogP contribution >= 0.6 is 0 Å². The first-order valence-electron chi connectivity index (χ1n) is 7.09. The lowest BCUT2D eigenvalue weighted by molar-refractivity contribution is 0.251. The molecule has 1 aromatic rings. The fourth-order valence-corrected chi connectivity index (χ4v) is 3.64. The molecule has 0 spiro atoms. The van der Waals surface area contributed by atoms with Gasteiger partial charge in [0, 0.05) is 13.1 Å². The van der Waals surface area contributed by atoms with Crippen LogP contribution in [-0.4, -0.2) is 37.5 Å². The van der Waals surface area contributed by atoms with Gasteiger partial charge in [0.25, 0.3) is 0 Å². The number of rotatable bonds is 9. The molecule has 1 aromatic carbocycles. The Morgan fingerprint density at radius 3 is 2.52 bits per heavy atom. The lowest BCUT2D eigenvalue weighted by atomic mass is 10.2. The quantitative estimate of drug-likeness (QED) is 0.538. The van der Waals surface area contributed by atoms with Crippen molar-refractivity contribution in [1.29, 1.82) is 0 Å². The van der Waals surface area contributed by atoms with Gasteiger partial charge in [0.2, 0.25) is 10.0 Å². The van der Waals surface area contributed by atoms with Gasteiger partial charge >= 0.3 is 0 Å². The maximum absolute atomic E-state index is 13.0. The van der Waals surface area contributed by atoms with E-state index in [0.29, 0.717) is 13.0 Å². The van der Waals surface area contributed by atoms with Gasteiger partial charge in [-0.2, -0.15) is 4.31 Å². The number of nitrogens with zero attached hydrogens (tertiary/aromatic N) is 1. The van der Waals surface area contributed by atoms with Gasteiger partial charge in [0.15, 0.2) is 0 Å². The Hall–Kier alpha value is -1.18. The van der Waals surface area contributed by atoms with Crippen molar-refractivity contribution in [2.75, 3.05) is 25.4 Å². The van der Waals surface area contributed by atoms with Gasteiger partial charge in [-0.25, -0.2) is 12.8 Å². The summed E-state index contributed by atoms with van der Waals surface area (Å²) >= 11 is 0. The summed E-state index contributed by atoms with van der Waals surface area (Å²) in [6, 6.07) is 3.22. The first-order chi connectivity index (χ1) is 9.93. The second kappa shape index (κ2) is 8.31. The van der Waals surface area contributed by atoms with Crippen molar-refractivity contribution >= 4 is 15.7 Å². The molecule has 0 aromatic heterocycles. The highest BCUT2D eigenvalue weighted by molar-refractivity contribution is 7.89. The first-order valence-corrected chi connectivity index (χ1v) is 8.53. The summed E-state index contributed by atoms with van der Waals surface area (Å²) in [5.74, 6) is -0.580. The maximum Gasteiger partial charge on any atom is 0.245 e. The average Bonchev–Trinajstić information content (AvgIpc) is 2.41. The highest BCUT2D eigenvalue weighted by atomic mass is 32.2. The number of unbranched alkanes of at least 4 members (excludes halogenated alkanes) is 3. The molecule has 0 bridgehead atoms. The Kier molecular flexibility index (Phi) is 7.07. The molecule has 0 saturated carbocycles. The molecule has 1 rings (SSSR count). The molecule has 120 valence electrons. The summed E-state index contributed by atoms with van der Waals surface area (Å²) < 4.78 is 39.3. The van der Waals surface area contributed by atoms with E-state index in [4.69, 9.17) is 10.8 Å². The van der Waals surface area contributed by atoms with Crippen LogP contribution in [0.15, 0.2) is 23.1 Å². The summed E-state index contributed by atoms with van der Waals surface area (Å²) in [5, 5.41) is 9.07. The summed E-state index contributed by atoms with van der Waals surface area (Å²) in [5.41, 5.74) is 5.49. The fraction of sp³-hybridized carbons (Fsp3) is 0.571. The number of aliphatic hydroxyl groups excluding tert-OH is 1. The SMILES string of the molecule is CCCCCCN(CCO)S(=O)(=O)c1ccc(F)cc1N. The van der Waals surface area contributed by atoms with Crippen LogP contribution in [-0.2, 0) is 10.0 Å². The van der Waals surface area contributed by atoms with E-state index < -0.39 is 15.8 Å². The molecule has 0 aliphatic rings. The van der Waals surface area contributed by atoms with Crippen molar-refractivity contribution in [2.24, 2.45) is 0 Å². The second-order valence-corrected chi connectivity index (χ2v) is 6.78. The van der Waals surface area contributed by atoms with Gasteiger partial charge in [0.1, 0.15) is 10.7 Å². The Morgan fingerprint density at radius 1 is 1.24 bits per heavy atom. The van der Waals surface area contributed by atoms with Crippen LogP contribution < -0.4 is 5.73 Å². The van der Waals surface area contributed by atoms with E-state index in [-0.39, 0.29) is 23.7 Å². The van der Waals surface area contributed by atoms with E-state index in [2.05, 4.69) is 6.92 Å². The van der Waals surface area contributed by atoms with Gasteiger partial charge < -0.3 is 10.8 Å². The van der Waals surface area contributed by atoms with Crippen molar-refractivity contribution in [2.45, 2.75) is 37.5 Å². The van der Waals surface area contributed by atoms with Crippen molar-refractivity contribution in [3.05, 3.63) is 24.0 Å². The number of nitrogen functional groups attached to an aromatic ring is 1. The number of benzene rings is 1. The number of sulfonamides is 1. The van der Waals surface area contributed by atoms with Gasteiger partial charge in [-0.3, -0.25) is 0 Å². The zero-order valence-corrected chi connectivity index (χ0v) is 13.1. The third-order valence-corrected chi connectivity index (χ3v) is 5.17. The van der Waals surface area contributed by atoms with Crippen LogP contribution in [0.5, 0.6) is 0 Å². The van der Waals surface area contributed by atoms with Gasteiger partial charge in [-0.05, 0) is 24.6 Å². The van der Waals surface area contributed by atoms with Crippen LogP contribution in [0.3, 0.4) is 0 Å². The summed E-state index contributed by atoms with van der Waals surface area (Å²) in [6.45, 7) is 2.13. The zero-order valence-electron chi connectivity index (χ0n) is 12.3. The zero-order chi connectivity index (χ0) is 15.9. The standard InChI is InChI=1S/C14H23FN2O3S/c1-2-3-4-5-8-17(9-10-18)21(19,20)14-7-6-12(15)11-13(14)16/h6-7,11,18H,2-5,8-10,16H2,1H3. The Balaban J connectivity index is 2.93. The topological polar surface area (TPSA) is 83.6 Å². The van der Waals surface area contributed by atoms with Gasteiger partial charge in [-0.1, -0.05) is 26.2 Å². The molecule has 0 fully saturated rings. The smallest absolute Gasteiger partial charge is 0.245 e. The molecule has 0 unspecified atom stereocenters. The van der Waals surface area contributed by atoms with E-state index in [1.807, 2.05) is 0 Å². The molecule has 0 aliphatic carbocycles. The molecule has 5 nitrogen and oxygen atoms in total. The second-order valence-electron chi connectivity index (χ2n) is 4.87. The number of halogens is 1. The minimum atomic E-state index is -3.82. The molecular formula is C14H23FN2O3S. The Bertz CT molecular complexity index is 549. The summed E-state index contributed by atoms with van der Waals surface area (Å²) in [4.78, 5) is -0.118. The van der Waals surface area contributed by atoms with Crippen LogP contribution in [0.4, 0.5) is 10.1 Å². The minimum absolute atomic E-state index is 0.00523. The van der Waals surface area contributed by atoms with Crippen LogP contribution in [0, 0.1) is 5.82 Å². The lowest BCUT2D eigenvalue weighted by Gasteiger charge is -2.22. The normalized spacial score (nSPS) is 12.0. The monoisotopic (exact) mass is 318 g/mol. The average molecular weight is 318 g/mol. The predicted octanol–water partition coefficient (Wildman–Crippen LogP) is 1.97. The third kappa shape index (κ3) is 4.94. The Morgan fingerprint density at radius 2 is 1.95 bits per heavy atom. The van der Waals surface area contributed by atoms with E-state index >= 15 is 0 Å². The number of aliphatic hydroxyl groups is 1. The third-order valence-electron chi connectivity index (χ3n) is 3.20. The largest absolute Gasteiger partial charge is 0.398 e. The number of hydrogen-bond donors (Lipinski definition) is 2. The minimum Gasteiger partial charge on any atom is -0.398 e. The van der Waals surface area contributed by atoms with Crippen LogP contribution in [0.1, 0.15) is 32.6 Å². The molecule has 21 heavy (non-hydrogen) atoms. The highest BCUT2D eigenvalue weighted by Crippen LogP contribution is 2.23. The maximum atomic E-state index is 13.0. The number of hydrogen-bond acceptors (Lipinski definition) is 4. The van der Waals surface area contributed by atoms with Crippen LogP contribution in [0.25, 0.3) is 0 Å². The Labute approximate surface area is 125 Å². The molecule has 7 heteroatoms. The van der Waals surface area contributed by atoms with E-state index in [1.54, 1.807) is 0 Å². The molecular weight excluding hydrogens is 295 g/mol. The molecule has 0 atom stereocenters. The molecule has 0 heterocycles. The summed E-state index contributed by atoms with van der Waals surface area (Å²) in [7, 11) is -3.82. The van der Waals surface area contributed by atoms with Gasteiger partial charge in [0.05, 0.1) is 12.3 Å². The predicted molar refractivity (Wildman–Crippen MR) is 80.8 cm³/mol. The van der Waals surface area contributed by atoms with Gasteiger partial charge in [-0.15, -0.1) is 0 Å². The van der Waals surface area contributed by atoms with Crippen molar-refractivity contribution < 1.29 is 17.9 Å². The lowest BCUT2D eigenvalue weighted by Crippen LogP contribution is -2.35. The molecule has 3 N–H and O–H groups in total.